The molecule has 24 heavy (non-hydrogen) atoms. The zero-order valence-corrected chi connectivity index (χ0v) is 13.9. The predicted molar refractivity (Wildman–Crippen MR) is 84.2 cm³/mol. The fraction of sp³-hybridized carbons (Fsp3) is 0.812. The SMILES string of the molecule is C[C@@H](O)[C@@H](C(=O)NCC1CCC1)N1CC2(CCCN2C(=O)O)C1=O. The molecule has 3 fully saturated rings. The summed E-state index contributed by atoms with van der Waals surface area (Å²) in [5.41, 5.74) is -1.03. The molecule has 8 nitrogen and oxygen atoms in total. The Morgan fingerprint density at radius 3 is 2.58 bits per heavy atom. The van der Waals surface area contributed by atoms with Crippen LogP contribution in [0.1, 0.15) is 39.0 Å². The van der Waals surface area contributed by atoms with Crippen molar-refractivity contribution in [1.82, 2.24) is 15.1 Å². The molecule has 1 spiro atoms. The second-order valence-corrected chi connectivity index (χ2v) is 7.23. The molecule has 134 valence electrons. The Bertz CT molecular complexity index is 548. The lowest BCUT2D eigenvalue weighted by Crippen LogP contribution is -2.77. The van der Waals surface area contributed by atoms with Crippen molar-refractivity contribution < 1.29 is 24.6 Å². The second-order valence-electron chi connectivity index (χ2n) is 7.23. The van der Waals surface area contributed by atoms with Gasteiger partial charge in [-0.1, -0.05) is 6.42 Å². The van der Waals surface area contributed by atoms with Crippen LogP contribution in [0.25, 0.3) is 0 Å². The summed E-state index contributed by atoms with van der Waals surface area (Å²) in [7, 11) is 0. The number of amides is 3. The first-order valence-corrected chi connectivity index (χ1v) is 8.64. The van der Waals surface area contributed by atoms with Crippen LogP contribution in [-0.2, 0) is 9.59 Å². The van der Waals surface area contributed by atoms with Gasteiger partial charge in [-0.2, -0.15) is 0 Å². The van der Waals surface area contributed by atoms with E-state index in [0.29, 0.717) is 31.8 Å². The summed E-state index contributed by atoms with van der Waals surface area (Å²) < 4.78 is 0. The fourth-order valence-electron chi connectivity index (χ4n) is 4.03. The Hall–Kier alpha value is -1.83. The zero-order valence-electron chi connectivity index (χ0n) is 13.9. The van der Waals surface area contributed by atoms with Crippen LogP contribution in [0, 0.1) is 5.92 Å². The highest BCUT2D eigenvalue weighted by atomic mass is 16.4. The Labute approximate surface area is 140 Å². The lowest BCUT2D eigenvalue weighted by molar-refractivity contribution is -0.171. The van der Waals surface area contributed by atoms with Crippen molar-refractivity contribution in [2.24, 2.45) is 5.92 Å². The van der Waals surface area contributed by atoms with E-state index >= 15 is 0 Å². The van der Waals surface area contributed by atoms with Crippen LogP contribution < -0.4 is 5.32 Å². The van der Waals surface area contributed by atoms with Gasteiger partial charge in [0.2, 0.25) is 5.91 Å². The van der Waals surface area contributed by atoms with E-state index in [4.69, 9.17) is 0 Å². The molecule has 2 saturated heterocycles. The predicted octanol–water partition coefficient (Wildman–Crippen LogP) is 0.00690. The molecule has 3 N–H and O–H groups in total. The molecule has 3 rings (SSSR count). The summed E-state index contributed by atoms with van der Waals surface area (Å²) in [6.07, 6.45) is 2.37. The van der Waals surface area contributed by atoms with Gasteiger partial charge in [-0.05, 0) is 38.5 Å². The average Bonchev–Trinajstić information content (AvgIpc) is 2.91. The van der Waals surface area contributed by atoms with Gasteiger partial charge >= 0.3 is 6.09 Å². The molecule has 0 aromatic heterocycles. The average molecular weight is 339 g/mol. The molecule has 1 aliphatic carbocycles. The maximum Gasteiger partial charge on any atom is 0.408 e. The van der Waals surface area contributed by atoms with Gasteiger partial charge in [0.1, 0.15) is 11.6 Å². The molecule has 2 aliphatic heterocycles. The number of aliphatic hydroxyl groups excluding tert-OH is 1. The van der Waals surface area contributed by atoms with Crippen molar-refractivity contribution in [3.8, 4) is 0 Å². The van der Waals surface area contributed by atoms with Crippen molar-refractivity contribution in [3.63, 3.8) is 0 Å². The number of rotatable bonds is 5. The van der Waals surface area contributed by atoms with Crippen LogP contribution in [0.15, 0.2) is 0 Å². The third kappa shape index (κ3) is 2.62. The largest absolute Gasteiger partial charge is 0.465 e. The maximum absolute atomic E-state index is 12.7. The normalized spacial score (nSPS) is 29.2. The minimum absolute atomic E-state index is 0.171. The zero-order chi connectivity index (χ0) is 17.5. The van der Waals surface area contributed by atoms with Crippen LogP contribution in [0.3, 0.4) is 0 Å². The molecular weight excluding hydrogens is 314 g/mol. The molecule has 3 aliphatic rings. The smallest absolute Gasteiger partial charge is 0.408 e. The van der Waals surface area contributed by atoms with Gasteiger partial charge in [-0.3, -0.25) is 14.5 Å². The van der Waals surface area contributed by atoms with E-state index in [-0.39, 0.29) is 18.4 Å². The van der Waals surface area contributed by atoms with Crippen molar-refractivity contribution in [2.45, 2.75) is 56.7 Å². The molecule has 2 heterocycles. The molecule has 0 aromatic carbocycles. The van der Waals surface area contributed by atoms with Crippen molar-refractivity contribution in [3.05, 3.63) is 0 Å². The van der Waals surface area contributed by atoms with Crippen LogP contribution in [-0.4, -0.2) is 75.2 Å². The summed E-state index contributed by atoms with van der Waals surface area (Å²) in [6.45, 7) is 2.55. The summed E-state index contributed by atoms with van der Waals surface area (Å²) in [4.78, 5) is 39.0. The number of nitrogens with zero attached hydrogens (tertiary/aromatic N) is 2. The van der Waals surface area contributed by atoms with E-state index in [9.17, 15) is 24.6 Å². The topological polar surface area (TPSA) is 110 Å². The Balaban J connectivity index is 1.66. The van der Waals surface area contributed by atoms with Gasteiger partial charge < -0.3 is 20.4 Å². The third-order valence-corrected chi connectivity index (χ3v) is 5.66. The van der Waals surface area contributed by atoms with Crippen molar-refractivity contribution >= 4 is 17.9 Å². The Kier molecular flexibility index (Phi) is 4.42. The molecule has 3 amide bonds. The van der Waals surface area contributed by atoms with Gasteiger partial charge in [0.15, 0.2) is 0 Å². The van der Waals surface area contributed by atoms with Gasteiger partial charge in [-0.15, -0.1) is 0 Å². The summed E-state index contributed by atoms with van der Waals surface area (Å²) in [5.74, 6) is -0.244. The standard InChI is InChI=1S/C16H25N3O5/c1-10(20)12(13(21)17-8-11-4-2-5-11)18-9-16(14(18)22)6-3-7-19(16)15(23)24/h10-12,20H,2-9H2,1H3,(H,17,21)(H,23,24)/t10-,12+,16?/m1/s1. The van der Waals surface area contributed by atoms with E-state index in [0.717, 1.165) is 12.8 Å². The molecular formula is C16H25N3O5. The number of carbonyl (C=O) groups excluding carboxylic acids is 2. The molecule has 1 saturated carbocycles. The van der Waals surface area contributed by atoms with E-state index in [1.165, 1.54) is 23.1 Å². The van der Waals surface area contributed by atoms with Gasteiger partial charge in [0.25, 0.3) is 5.91 Å². The fourth-order valence-corrected chi connectivity index (χ4v) is 4.03. The van der Waals surface area contributed by atoms with Crippen molar-refractivity contribution in [2.75, 3.05) is 19.6 Å². The lowest BCUT2D eigenvalue weighted by atomic mass is 9.83. The summed E-state index contributed by atoms with van der Waals surface area (Å²) in [5, 5.41) is 22.1. The number of hydrogen-bond acceptors (Lipinski definition) is 4. The lowest BCUT2D eigenvalue weighted by Gasteiger charge is -2.53. The van der Waals surface area contributed by atoms with Gasteiger partial charge in [0.05, 0.1) is 12.6 Å². The van der Waals surface area contributed by atoms with E-state index < -0.39 is 23.8 Å². The van der Waals surface area contributed by atoms with Crippen LogP contribution in [0.2, 0.25) is 0 Å². The number of nitrogens with one attached hydrogen (secondary N) is 1. The molecule has 0 aromatic rings. The highest BCUT2D eigenvalue weighted by Gasteiger charge is 2.62. The Morgan fingerprint density at radius 2 is 2.08 bits per heavy atom. The summed E-state index contributed by atoms with van der Waals surface area (Å²) >= 11 is 0. The Morgan fingerprint density at radius 1 is 1.38 bits per heavy atom. The van der Waals surface area contributed by atoms with Gasteiger partial charge in [0, 0.05) is 13.1 Å². The number of carbonyl (C=O) groups is 3. The molecule has 3 atom stereocenters. The van der Waals surface area contributed by atoms with Crippen LogP contribution in [0.5, 0.6) is 0 Å². The number of likely N-dealkylation sites (tertiary alicyclic amines) is 2. The van der Waals surface area contributed by atoms with E-state index in [1.807, 2.05) is 0 Å². The highest BCUT2D eigenvalue weighted by molar-refractivity contribution is 5.99. The quantitative estimate of drug-likeness (QED) is 0.611. The maximum atomic E-state index is 12.7. The third-order valence-electron chi connectivity index (χ3n) is 5.66. The summed E-state index contributed by atoms with van der Waals surface area (Å²) in [6, 6.07) is -0.959. The second kappa shape index (κ2) is 6.23. The minimum atomic E-state index is -1.11. The first-order chi connectivity index (χ1) is 11.4. The molecule has 0 radical (unpaired) electrons. The van der Waals surface area contributed by atoms with Gasteiger partial charge in [-0.25, -0.2) is 4.79 Å². The first kappa shape index (κ1) is 17.0. The number of hydrogen-bond donors (Lipinski definition) is 3. The monoisotopic (exact) mass is 339 g/mol. The number of β-lactam (4-membered cyclic amide) rings is 1. The molecule has 0 bridgehead atoms. The molecule has 8 heteroatoms. The van der Waals surface area contributed by atoms with Crippen LogP contribution >= 0.6 is 0 Å². The number of carboxylic acid groups (broad SMARTS) is 1. The molecule has 1 unspecified atom stereocenters. The highest BCUT2D eigenvalue weighted by Crippen LogP contribution is 2.40. The van der Waals surface area contributed by atoms with Crippen LogP contribution in [0.4, 0.5) is 4.79 Å². The van der Waals surface area contributed by atoms with Crippen molar-refractivity contribution in [1.29, 1.82) is 0 Å². The number of aliphatic hydroxyl groups is 1. The minimum Gasteiger partial charge on any atom is -0.465 e. The van der Waals surface area contributed by atoms with E-state index in [1.54, 1.807) is 0 Å². The van der Waals surface area contributed by atoms with E-state index in [2.05, 4.69) is 5.32 Å². The first-order valence-electron chi connectivity index (χ1n) is 8.64.